The Bertz CT molecular complexity index is 1130. The van der Waals surface area contributed by atoms with Crippen LogP contribution in [-0.2, 0) is 0 Å². The number of aromatic carboxylic acids is 1. The second-order valence-electron chi connectivity index (χ2n) is 6.05. The highest BCUT2D eigenvalue weighted by atomic mass is 79.9. The van der Waals surface area contributed by atoms with E-state index in [4.69, 9.17) is 4.74 Å². The number of rotatable bonds is 5. The number of aryl methyl sites for hydroxylation is 1. The number of amides is 1. The van der Waals surface area contributed by atoms with Gasteiger partial charge in [0, 0.05) is 19.9 Å². The molecule has 0 unspecified atom stereocenters. The number of methoxy groups -OCH3 is 1. The molecule has 1 aromatic heterocycles. The molecular weight excluding hydrogens is 590 g/mol. The van der Waals surface area contributed by atoms with Crippen LogP contribution in [0.2, 0.25) is 0 Å². The standard InChI is InChI=1S/C20H14Br3NO4S/c1-9-4-3-5-10(6-9)11-8-29-19(14(11)20(26)27)24-18(25)15-12(21)7-13(28-2)16(22)17(15)23/h3-8H,1-2H3,(H,24,25)(H,26,27). The molecule has 1 amide bonds. The summed E-state index contributed by atoms with van der Waals surface area (Å²) >= 11 is 11.3. The SMILES string of the molecule is COc1cc(Br)c(C(=O)Nc2scc(-c3cccc(C)c3)c2C(=O)O)c(Br)c1Br. The van der Waals surface area contributed by atoms with E-state index in [0.717, 1.165) is 11.1 Å². The Morgan fingerprint density at radius 3 is 2.45 bits per heavy atom. The summed E-state index contributed by atoms with van der Waals surface area (Å²) in [5.74, 6) is -1.01. The number of carbonyl (C=O) groups is 2. The molecule has 2 aromatic carbocycles. The van der Waals surface area contributed by atoms with Gasteiger partial charge in [0.1, 0.15) is 16.3 Å². The number of halogens is 3. The smallest absolute Gasteiger partial charge is 0.339 e. The number of anilines is 1. The third-order valence-electron chi connectivity index (χ3n) is 4.13. The molecule has 0 saturated carbocycles. The Kier molecular flexibility index (Phi) is 6.83. The predicted molar refractivity (Wildman–Crippen MR) is 125 cm³/mol. The van der Waals surface area contributed by atoms with Crippen LogP contribution in [0.3, 0.4) is 0 Å². The Morgan fingerprint density at radius 1 is 1.10 bits per heavy atom. The molecule has 0 radical (unpaired) electrons. The van der Waals surface area contributed by atoms with Crippen LogP contribution in [0.1, 0.15) is 26.3 Å². The maximum absolute atomic E-state index is 13.0. The zero-order valence-corrected chi connectivity index (χ0v) is 20.8. The molecule has 0 aliphatic heterocycles. The summed E-state index contributed by atoms with van der Waals surface area (Å²) < 4.78 is 6.84. The monoisotopic (exact) mass is 601 g/mol. The molecule has 3 aromatic rings. The van der Waals surface area contributed by atoms with Crippen LogP contribution < -0.4 is 10.1 Å². The number of hydrogen-bond donors (Lipinski definition) is 2. The van der Waals surface area contributed by atoms with E-state index in [2.05, 4.69) is 53.1 Å². The van der Waals surface area contributed by atoms with Crippen LogP contribution >= 0.6 is 59.1 Å². The van der Waals surface area contributed by atoms with Gasteiger partial charge in [0.15, 0.2) is 0 Å². The zero-order valence-electron chi connectivity index (χ0n) is 15.2. The van der Waals surface area contributed by atoms with Gasteiger partial charge in [-0.2, -0.15) is 0 Å². The number of benzene rings is 2. The van der Waals surface area contributed by atoms with Crippen molar-refractivity contribution in [1.82, 2.24) is 0 Å². The van der Waals surface area contributed by atoms with Crippen LogP contribution in [0.4, 0.5) is 5.00 Å². The molecule has 29 heavy (non-hydrogen) atoms. The van der Waals surface area contributed by atoms with E-state index >= 15 is 0 Å². The van der Waals surface area contributed by atoms with E-state index in [9.17, 15) is 14.7 Å². The summed E-state index contributed by atoms with van der Waals surface area (Å²) in [6.07, 6.45) is 0. The lowest BCUT2D eigenvalue weighted by atomic mass is 10.0. The topological polar surface area (TPSA) is 75.6 Å². The quantitative estimate of drug-likeness (QED) is 0.309. The van der Waals surface area contributed by atoms with E-state index in [1.807, 2.05) is 31.2 Å². The van der Waals surface area contributed by atoms with Crippen molar-refractivity contribution in [3.05, 3.63) is 65.8 Å². The first kappa shape index (κ1) is 22.0. The highest BCUT2D eigenvalue weighted by molar-refractivity contribution is 9.13. The van der Waals surface area contributed by atoms with E-state index in [-0.39, 0.29) is 10.6 Å². The Labute approximate surface area is 196 Å². The average Bonchev–Trinajstić information content (AvgIpc) is 3.08. The number of carboxylic acids is 1. The van der Waals surface area contributed by atoms with Gasteiger partial charge in [-0.1, -0.05) is 29.8 Å². The third-order valence-corrected chi connectivity index (χ3v) is 7.77. The molecule has 1 heterocycles. The van der Waals surface area contributed by atoms with Crippen LogP contribution in [0.5, 0.6) is 5.75 Å². The number of thiophene rings is 1. The lowest BCUT2D eigenvalue weighted by molar-refractivity contribution is 0.0699. The molecule has 0 saturated heterocycles. The van der Waals surface area contributed by atoms with Crippen molar-refractivity contribution in [3.8, 4) is 16.9 Å². The summed E-state index contributed by atoms with van der Waals surface area (Å²) in [6, 6.07) is 9.23. The van der Waals surface area contributed by atoms with Gasteiger partial charge in [0.2, 0.25) is 0 Å². The van der Waals surface area contributed by atoms with Gasteiger partial charge >= 0.3 is 5.97 Å². The minimum absolute atomic E-state index is 0.0637. The Balaban J connectivity index is 2.03. The summed E-state index contributed by atoms with van der Waals surface area (Å²) in [7, 11) is 1.52. The number of carbonyl (C=O) groups excluding carboxylic acids is 1. The lowest BCUT2D eigenvalue weighted by Gasteiger charge is -2.13. The molecule has 0 spiro atoms. The maximum Gasteiger partial charge on any atom is 0.339 e. The Hall–Kier alpha value is -1.68. The van der Waals surface area contributed by atoms with Crippen LogP contribution in [0, 0.1) is 6.92 Å². The van der Waals surface area contributed by atoms with Crippen molar-refractivity contribution in [2.75, 3.05) is 12.4 Å². The zero-order chi connectivity index (χ0) is 21.3. The molecule has 3 rings (SSSR count). The Morgan fingerprint density at radius 2 is 1.83 bits per heavy atom. The average molecular weight is 604 g/mol. The first-order valence-corrected chi connectivity index (χ1v) is 11.4. The molecular formula is C20H14Br3NO4S. The van der Waals surface area contributed by atoms with Gasteiger partial charge in [-0.15, -0.1) is 11.3 Å². The fourth-order valence-electron chi connectivity index (χ4n) is 2.78. The van der Waals surface area contributed by atoms with Crippen molar-refractivity contribution >= 4 is 76.0 Å². The van der Waals surface area contributed by atoms with Crippen molar-refractivity contribution in [2.45, 2.75) is 6.92 Å². The lowest BCUT2D eigenvalue weighted by Crippen LogP contribution is -2.15. The number of hydrogen-bond acceptors (Lipinski definition) is 4. The second kappa shape index (κ2) is 8.99. The normalized spacial score (nSPS) is 10.7. The summed E-state index contributed by atoms with van der Waals surface area (Å²) in [4.78, 5) is 24.9. The summed E-state index contributed by atoms with van der Waals surface area (Å²) in [6.45, 7) is 1.94. The minimum atomic E-state index is -1.10. The fourth-order valence-corrected chi connectivity index (χ4v) is 5.66. The second-order valence-corrected chi connectivity index (χ2v) is 9.37. The minimum Gasteiger partial charge on any atom is -0.495 e. The molecule has 0 fully saturated rings. The number of nitrogens with one attached hydrogen (secondary N) is 1. The molecule has 150 valence electrons. The highest BCUT2D eigenvalue weighted by Gasteiger charge is 2.25. The number of ether oxygens (including phenoxy) is 1. The van der Waals surface area contributed by atoms with Crippen LogP contribution in [-0.4, -0.2) is 24.1 Å². The molecule has 0 aliphatic rings. The van der Waals surface area contributed by atoms with Gasteiger partial charge < -0.3 is 15.2 Å². The third kappa shape index (κ3) is 4.42. The van der Waals surface area contributed by atoms with E-state index in [1.54, 1.807) is 11.4 Å². The van der Waals surface area contributed by atoms with Gasteiger partial charge in [-0.05, 0) is 66.3 Å². The molecule has 0 aliphatic carbocycles. The van der Waals surface area contributed by atoms with Gasteiger partial charge in [0.25, 0.3) is 5.91 Å². The number of carboxylic acid groups (broad SMARTS) is 1. The summed E-state index contributed by atoms with van der Waals surface area (Å²) in [5.41, 5.74) is 2.75. The predicted octanol–water partition coefficient (Wildman–Crippen LogP) is 6.97. The molecule has 9 heteroatoms. The van der Waals surface area contributed by atoms with E-state index in [0.29, 0.717) is 30.3 Å². The van der Waals surface area contributed by atoms with E-state index in [1.165, 1.54) is 18.4 Å². The van der Waals surface area contributed by atoms with Crippen LogP contribution in [0.25, 0.3) is 11.1 Å². The molecule has 0 bridgehead atoms. The maximum atomic E-state index is 13.0. The molecule has 0 atom stereocenters. The largest absolute Gasteiger partial charge is 0.495 e. The molecule has 2 N–H and O–H groups in total. The highest BCUT2D eigenvalue weighted by Crippen LogP contribution is 2.41. The van der Waals surface area contributed by atoms with Crippen LogP contribution in [0.15, 0.2) is 49.1 Å². The van der Waals surface area contributed by atoms with Crippen molar-refractivity contribution in [3.63, 3.8) is 0 Å². The summed E-state index contributed by atoms with van der Waals surface area (Å²) in [5, 5.41) is 14.5. The van der Waals surface area contributed by atoms with Gasteiger partial charge in [-0.3, -0.25) is 4.79 Å². The van der Waals surface area contributed by atoms with Crippen molar-refractivity contribution in [2.24, 2.45) is 0 Å². The molecule has 5 nitrogen and oxygen atoms in total. The fraction of sp³-hybridized carbons (Fsp3) is 0.100. The van der Waals surface area contributed by atoms with E-state index < -0.39 is 11.9 Å². The van der Waals surface area contributed by atoms with Gasteiger partial charge in [0.05, 0.1) is 17.1 Å². The van der Waals surface area contributed by atoms with Crippen molar-refractivity contribution < 1.29 is 19.4 Å². The van der Waals surface area contributed by atoms with Crippen molar-refractivity contribution in [1.29, 1.82) is 0 Å². The first-order valence-electron chi connectivity index (χ1n) is 8.19. The van der Waals surface area contributed by atoms with Gasteiger partial charge in [-0.25, -0.2) is 4.79 Å². The first-order chi connectivity index (χ1) is 13.7.